The minimum Gasteiger partial charge on any atom is -0.476 e. The number of carboxylic acid groups (broad SMARTS) is 1. The zero-order valence-corrected chi connectivity index (χ0v) is 14.2. The fraction of sp³-hybridized carbons (Fsp3) is 0.111. The number of fused-ring (bicyclic) bond motifs is 3. The maximum atomic E-state index is 12.1. The standard InChI is InChI=1S/C18H13N3O4S/c22-17(23)15-16(26-21-20-15)19-18(24)25-9-14-12-7-3-1-5-10(12)11-6-2-4-8-13(11)14/h1-8,14H,9H2,(H,19,24)(H,22,23). The number of nitrogens with one attached hydrogen (secondary N) is 1. The first-order chi connectivity index (χ1) is 12.6. The van der Waals surface area contributed by atoms with Crippen LogP contribution < -0.4 is 5.32 Å². The maximum absolute atomic E-state index is 12.1. The summed E-state index contributed by atoms with van der Waals surface area (Å²) < 4.78 is 8.89. The summed E-state index contributed by atoms with van der Waals surface area (Å²) in [6.07, 6.45) is -0.736. The molecule has 0 atom stereocenters. The van der Waals surface area contributed by atoms with Gasteiger partial charge in [0.25, 0.3) is 0 Å². The van der Waals surface area contributed by atoms with Crippen LogP contribution in [-0.4, -0.2) is 33.4 Å². The van der Waals surface area contributed by atoms with Gasteiger partial charge in [0, 0.05) is 17.5 Å². The normalized spacial score (nSPS) is 12.3. The number of hydrogen-bond acceptors (Lipinski definition) is 6. The molecule has 1 heterocycles. The van der Waals surface area contributed by atoms with Crippen molar-refractivity contribution in [1.82, 2.24) is 9.59 Å². The van der Waals surface area contributed by atoms with Crippen LogP contribution in [-0.2, 0) is 4.74 Å². The van der Waals surface area contributed by atoms with Gasteiger partial charge in [-0.2, -0.15) is 0 Å². The van der Waals surface area contributed by atoms with Gasteiger partial charge in [-0.05, 0) is 22.3 Å². The van der Waals surface area contributed by atoms with E-state index < -0.39 is 12.1 Å². The number of nitrogens with zero attached hydrogens (tertiary/aromatic N) is 2. The van der Waals surface area contributed by atoms with Crippen LogP contribution in [0.5, 0.6) is 0 Å². The molecule has 2 aromatic carbocycles. The Labute approximate surface area is 152 Å². The zero-order valence-electron chi connectivity index (χ0n) is 13.4. The Bertz CT molecular complexity index is 956. The molecule has 4 rings (SSSR count). The van der Waals surface area contributed by atoms with Crippen LogP contribution in [0.25, 0.3) is 11.1 Å². The molecule has 0 saturated heterocycles. The van der Waals surface area contributed by atoms with E-state index in [1.807, 2.05) is 36.4 Å². The third-order valence-electron chi connectivity index (χ3n) is 4.25. The molecule has 0 spiro atoms. The number of hydrogen-bond donors (Lipinski definition) is 2. The molecule has 8 heteroatoms. The maximum Gasteiger partial charge on any atom is 0.412 e. The molecule has 1 aromatic heterocycles. The molecular weight excluding hydrogens is 354 g/mol. The minimum atomic E-state index is -1.26. The van der Waals surface area contributed by atoms with Crippen molar-refractivity contribution in [2.75, 3.05) is 11.9 Å². The first-order valence-electron chi connectivity index (χ1n) is 7.83. The Hall–Kier alpha value is -3.26. The highest BCUT2D eigenvalue weighted by Crippen LogP contribution is 2.44. The van der Waals surface area contributed by atoms with Crippen molar-refractivity contribution >= 4 is 28.6 Å². The topological polar surface area (TPSA) is 101 Å². The summed E-state index contributed by atoms with van der Waals surface area (Å²) in [5.74, 6) is -1.32. The molecule has 0 aliphatic heterocycles. The van der Waals surface area contributed by atoms with Gasteiger partial charge in [0.1, 0.15) is 6.61 Å². The van der Waals surface area contributed by atoms with Crippen molar-refractivity contribution in [3.63, 3.8) is 0 Å². The van der Waals surface area contributed by atoms with Gasteiger partial charge in [-0.3, -0.25) is 5.32 Å². The number of aromatic nitrogens is 2. The SMILES string of the molecule is O=C(Nc1snnc1C(=O)O)OCC1c2ccccc2-c2ccccc21. The lowest BCUT2D eigenvalue weighted by Gasteiger charge is -2.14. The molecule has 1 aliphatic carbocycles. The van der Waals surface area contributed by atoms with Gasteiger partial charge >= 0.3 is 12.1 Å². The van der Waals surface area contributed by atoms with Gasteiger partial charge in [-0.15, -0.1) is 5.10 Å². The fourth-order valence-corrected chi connectivity index (χ4v) is 3.69. The molecular formula is C18H13N3O4S. The third-order valence-corrected chi connectivity index (χ3v) is 4.89. The van der Waals surface area contributed by atoms with Crippen LogP contribution in [0.1, 0.15) is 27.5 Å². The van der Waals surface area contributed by atoms with E-state index in [-0.39, 0.29) is 23.2 Å². The summed E-state index contributed by atoms with van der Waals surface area (Å²) >= 11 is 0.788. The summed E-state index contributed by atoms with van der Waals surface area (Å²) in [4.78, 5) is 23.1. The number of ether oxygens (including phenoxy) is 1. The molecule has 1 aliphatic rings. The summed E-state index contributed by atoms with van der Waals surface area (Å²) in [6, 6.07) is 16.0. The summed E-state index contributed by atoms with van der Waals surface area (Å²) in [5, 5.41) is 14.9. The Morgan fingerprint density at radius 3 is 2.31 bits per heavy atom. The van der Waals surface area contributed by atoms with E-state index in [9.17, 15) is 9.59 Å². The van der Waals surface area contributed by atoms with E-state index in [1.54, 1.807) is 0 Å². The first kappa shape index (κ1) is 16.2. The highest BCUT2D eigenvalue weighted by molar-refractivity contribution is 7.10. The van der Waals surface area contributed by atoms with Crippen LogP contribution in [0.4, 0.5) is 9.80 Å². The molecule has 0 unspecified atom stereocenters. The third kappa shape index (κ3) is 2.80. The van der Waals surface area contributed by atoms with Gasteiger partial charge in [0.15, 0.2) is 5.00 Å². The van der Waals surface area contributed by atoms with E-state index in [4.69, 9.17) is 9.84 Å². The number of benzene rings is 2. The van der Waals surface area contributed by atoms with Gasteiger partial charge in [-0.1, -0.05) is 53.0 Å². The van der Waals surface area contributed by atoms with Crippen molar-refractivity contribution in [1.29, 1.82) is 0 Å². The highest BCUT2D eigenvalue weighted by atomic mass is 32.1. The van der Waals surface area contributed by atoms with Gasteiger partial charge in [-0.25, -0.2) is 9.59 Å². The fourth-order valence-electron chi connectivity index (χ4n) is 3.14. The molecule has 7 nitrogen and oxygen atoms in total. The smallest absolute Gasteiger partial charge is 0.412 e. The second-order valence-electron chi connectivity index (χ2n) is 5.71. The quantitative estimate of drug-likeness (QED) is 0.731. The van der Waals surface area contributed by atoms with Crippen molar-refractivity contribution < 1.29 is 19.4 Å². The lowest BCUT2D eigenvalue weighted by molar-refractivity contribution is 0.0691. The second-order valence-corrected chi connectivity index (χ2v) is 6.46. The predicted molar refractivity (Wildman–Crippen MR) is 95.6 cm³/mol. The van der Waals surface area contributed by atoms with Crippen molar-refractivity contribution in [2.45, 2.75) is 5.92 Å². The molecule has 1 amide bonds. The van der Waals surface area contributed by atoms with E-state index in [1.165, 1.54) is 0 Å². The zero-order chi connectivity index (χ0) is 18.1. The van der Waals surface area contributed by atoms with Crippen LogP contribution >= 0.6 is 11.5 Å². The summed E-state index contributed by atoms with van der Waals surface area (Å²) in [7, 11) is 0. The van der Waals surface area contributed by atoms with Gasteiger partial charge in [0.2, 0.25) is 5.69 Å². The second kappa shape index (κ2) is 6.57. The Kier molecular flexibility index (Phi) is 4.10. The van der Waals surface area contributed by atoms with Crippen molar-refractivity contribution in [3.8, 4) is 11.1 Å². The van der Waals surface area contributed by atoms with Crippen molar-refractivity contribution in [2.24, 2.45) is 0 Å². The molecule has 2 N–H and O–H groups in total. The highest BCUT2D eigenvalue weighted by Gasteiger charge is 2.29. The molecule has 26 heavy (non-hydrogen) atoms. The average molecular weight is 367 g/mol. The summed E-state index contributed by atoms with van der Waals surface area (Å²) in [5.41, 5.74) is 4.18. The number of carboxylic acids is 1. The van der Waals surface area contributed by atoms with Crippen LogP contribution in [0.2, 0.25) is 0 Å². The lowest BCUT2D eigenvalue weighted by Crippen LogP contribution is -2.18. The number of aromatic carboxylic acids is 1. The molecule has 0 fully saturated rings. The monoisotopic (exact) mass is 367 g/mol. The van der Waals surface area contributed by atoms with E-state index in [2.05, 4.69) is 27.0 Å². The van der Waals surface area contributed by atoms with E-state index in [0.29, 0.717) is 0 Å². The lowest BCUT2D eigenvalue weighted by atomic mass is 9.98. The van der Waals surface area contributed by atoms with Crippen LogP contribution in [0.3, 0.4) is 0 Å². The van der Waals surface area contributed by atoms with E-state index >= 15 is 0 Å². The number of carbonyl (C=O) groups is 2. The Morgan fingerprint density at radius 1 is 1.08 bits per heavy atom. The van der Waals surface area contributed by atoms with E-state index in [0.717, 1.165) is 33.8 Å². The molecule has 0 radical (unpaired) electrons. The Balaban J connectivity index is 1.50. The van der Waals surface area contributed by atoms with Gasteiger partial charge < -0.3 is 9.84 Å². The Morgan fingerprint density at radius 2 is 1.69 bits per heavy atom. The predicted octanol–water partition coefficient (Wildman–Crippen LogP) is 3.60. The number of rotatable bonds is 4. The van der Waals surface area contributed by atoms with Crippen molar-refractivity contribution in [3.05, 3.63) is 65.4 Å². The largest absolute Gasteiger partial charge is 0.476 e. The first-order valence-corrected chi connectivity index (χ1v) is 8.60. The van der Waals surface area contributed by atoms with Gasteiger partial charge in [0.05, 0.1) is 0 Å². The molecule has 3 aromatic rings. The number of carbonyl (C=O) groups excluding carboxylic acids is 1. The number of amides is 1. The van der Waals surface area contributed by atoms with Crippen LogP contribution in [0, 0.1) is 0 Å². The average Bonchev–Trinajstić information content (AvgIpc) is 3.23. The van der Waals surface area contributed by atoms with Crippen LogP contribution in [0.15, 0.2) is 48.5 Å². The number of anilines is 1. The molecule has 0 saturated carbocycles. The molecule has 130 valence electrons. The summed E-state index contributed by atoms with van der Waals surface area (Å²) in [6.45, 7) is 0.147. The minimum absolute atomic E-state index is 0.0507. The molecule has 0 bridgehead atoms.